The summed E-state index contributed by atoms with van der Waals surface area (Å²) in [6, 6.07) is 10.5. The molecule has 4 heteroatoms. The maximum atomic E-state index is 6.50. The quantitative estimate of drug-likeness (QED) is 0.0749. The molecule has 0 saturated carbocycles. The Morgan fingerprint density at radius 1 is 0.727 bits per heavy atom. The van der Waals surface area contributed by atoms with Gasteiger partial charge in [0.2, 0.25) is 0 Å². The third-order valence-electron chi connectivity index (χ3n) is 7.02. The summed E-state index contributed by atoms with van der Waals surface area (Å²) >= 11 is -2.38. The predicted octanol–water partition coefficient (Wildman–Crippen LogP) is 8.92. The zero-order valence-electron chi connectivity index (χ0n) is 22.4. The molecule has 0 radical (unpaired) electrons. The van der Waals surface area contributed by atoms with Crippen molar-refractivity contribution in [2.75, 3.05) is 20.5 Å². The van der Waals surface area contributed by atoms with Crippen LogP contribution in [0.3, 0.4) is 0 Å². The molecule has 0 amide bonds. The molecule has 0 fully saturated rings. The van der Waals surface area contributed by atoms with Gasteiger partial charge < -0.3 is 0 Å². The van der Waals surface area contributed by atoms with E-state index < -0.39 is 18.4 Å². The molecule has 0 unspecified atom stereocenters. The van der Waals surface area contributed by atoms with E-state index in [9.17, 15) is 0 Å². The van der Waals surface area contributed by atoms with Crippen LogP contribution < -0.4 is 0 Å². The number of hydrogen-bond donors (Lipinski definition) is 0. The fraction of sp³-hybridized carbons (Fsp3) is 0.793. The van der Waals surface area contributed by atoms with E-state index in [0.29, 0.717) is 10.9 Å². The van der Waals surface area contributed by atoms with Crippen molar-refractivity contribution in [1.82, 2.24) is 0 Å². The molecule has 0 aliphatic rings. The molecule has 0 aliphatic heterocycles. The molecule has 0 heterocycles. The number of rotatable bonds is 23. The van der Waals surface area contributed by atoms with Crippen LogP contribution >= 0.6 is 0 Å². The average molecular weight is 569 g/mol. The fourth-order valence-electron chi connectivity index (χ4n) is 4.99. The third kappa shape index (κ3) is 14.1. The van der Waals surface area contributed by atoms with Gasteiger partial charge in [-0.3, -0.25) is 0 Å². The zero-order chi connectivity index (χ0) is 24.0. The van der Waals surface area contributed by atoms with E-state index in [2.05, 4.69) is 51.1 Å². The second kappa shape index (κ2) is 21.2. The van der Waals surface area contributed by atoms with Crippen LogP contribution in [0.1, 0.15) is 103 Å². The van der Waals surface area contributed by atoms with Crippen LogP contribution in [0.25, 0.3) is 0 Å². The van der Waals surface area contributed by atoms with Crippen molar-refractivity contribution in [2.24, 2.45) is 0 Å². The minimum atomic E-state index is -2.38. The molecular formula is C29H54O3Sn. The van der Waals surface area contributed by atoms with Gasteiger partial charge >= 0.3 is 193 Å². The summed E-state index contributed by atoms with van der Waals surface area (Å²) in [4.78, 5) is 0. The second-order valence-electron chi connectivity index (χ2n) is 9.83. The van der Waals surface area contributed by atoms with Crippen molar-refractivity contribution < 1.29 is 14.2 Å². The molecule has 33 heavy (non-hydrogen) atoms. The van der Waals surface area contributed by atoms with Crippen LogP contribution in [0.15, 0.2) is 30.3 Å². The Morgan fingerprint density at radius 3 is 1.88 bits per heavy atom. The van der Waals surface area contributed by atoms with E-state index in [1.165, 1.54) is 95.9 Å². The minimum absolute atomic E-state index is 0.479. The Hall–Kier alpha value is -0.101. The van der Waals surface area contributed by atoms with Crippen LogP contribution in [0.4, 0.5) is 0 Å². The van der Waals surface area contributed by atoms with Gasteiger partial charge in [0.1, 0.15) is 0 Å². The average Bonchev–Trinajstić information content (AvgIpc) is 2.85. The van der Waals surface area contributed by atoms with Crippen LogP contribution in [0.5, 0.6) is 0 Å². The van der Waals surface area contributed by atoms with Gasteiger partial charge in [0, 0.05) is 0 Å². The molecule has 0 N–H and O–H groups in total. The SMILES string of the molecule is CCC[CH2][Sn]([CH2]CCC)([CH2]CCC)[C@@H](CCCCCCCOCc1ccccc1)OCOC. The van der Waals surface area contributed by atoms with Gasteiger partial charge in [0.25, 0.3) is 0 Å². The van der Waals surface area contributed by atoms with Gasteiger partial charge in [-0.2, -0.15) is 0 Å². The molecule has 1 aromatic rings. The van der Waals surface area contributed by atoms with E-state index in [4.69, 9.17) is 14.2 Å². The van der Waals surface area contributed by atoms with Gasteiger partial charge in [-0.15, -0.1) is 0 Å². The van der Waals surface area contributed by atoms with E-state index in [-0.39, 0.29) is 0 Å². The maximum absolute atomic E-state index is 6.50. The van der Waals surface area contributed by atoms with Crippen molar-refractivity contribution in [2.45, 2.75) is 122 Å². The Kier molecular flexibility index (Phi) is 19.9. The van der Waals surface area contributed by atoms with Crippen molar-refractivity contribution in [3.8, 4) is 0 Å². The summed E-state index contributed by atoms with van der Waals surface area (Å²) in [6.45, 7) is 9.15. The first-order valence-corrected chi connectivity index (χ1v) is 21.6. The summed E-state index contributed by atoms with van der Waals surface area (Å²) in [7, 11) is 1.78. The second-order valence-corrected chi connectivity index (χ2v) is 23.7. The van der Waals surface area contributed by atoms with Gasteiger partial charge in [-0.1, -0.05) is 18.2 Å². The molecule has 1 rings (SSSR count). The standard InChI is InChI=1S/C17H27O3.3C4H9.Sn/c1-18-16-20-14-10-5-3-2-4-9-13-19-15-17-11-7-6-8-12-17;3*1-3-4-2;/h6-8,11-12,14H,2-5,9-10,13,15-16H2,1H3;3*1,3-4H2,2H3;. The van der Waals surface area contributed by atoms with Crippen LogP contribution in [0.2, 0.25) is 13.3 Å². The number of ether oxygens (including phenoxy) is 3. The van der Waals surface area contributed by atoms with E-state index >= 15 is 0 Å². The number of hydrogen-bond acceptors (Lipinski definition) is 3. The monoisotopic (exact) mass is 570 g/mol. The van der Waals surface area contributed by atoms with Gasteiger partial charge in [-0.05, 0) is 0 Å². The molecule has 0 aromatic heterocycles. The number of methoxy groups -OCH3 is 1. The molecule has 0 saturated heterocycles. The van der Waals surface area contributed by atoms with Crippen molar-refractivity contribution >= 4 is 18.4 Å². The summed E-state index contributed by atoms with van der Waals surface area (Å²) in [5, 5.41) is 0. The first-order chi connectivity index (χ1) is 16.2. The van der Waals surface area contributed by atoms with Crippen molar-refractivity contribution in [3.63, 3.8) is 0 Å². The van der Waals surface area contributed by atoms with Crippen LogP contribution in [-0.2, 0) is 20.8 Å². The zero-order valence-corrected chi connectivity index (χ0v) is 25.3. The van der Waals surface area contributed by atoms with Crippen LogP contribution in [-0.4, -0.2) is 43.0 Å². The summed E-state index contributed by atoms with van der Waals surface area (Å²) in [5.41, 5.74) is 1.27. The molecule has 0 bridgehead atoms. The Bertz CT molecular complexity index is 515. The van der Waals surface area contributed by atoms with Crippen molar-refractivity contribution in [3.05, 3.63) is 35.9 Å². The van der Waals surface area contributed by atoms with Gasteiger partial charge in [0.15, 0.2) is 0 Å². The van der Waals surface area contributed by atoms with E-state index in [0.717, 1.165) is 13.2 Å². The van der Waals surface area contributed by atoms with E-state index in [1.54, 1.807) is 7.11 Å². The number of unbranched alkanes of at least 4 members (excludes halogenated alkanes) is 7. The third-order valence-corrected chi connectivity index (χ3v) is 23.8. The summed E-state index contributed by atoms with van der Waals surface area (Å²) in [6.07, 6.45) is 15.8. The molecule has 0 spiro atoms. The summed E-state index contributed by atoms with van der Waals surface area (Å²) < 4.78 is 22.8. The number of benzene rings is 1. The summed E-state index contributed by atoms with van der Waals surface area (Å²) in [5.74, 6) is 0. The Morgan fingerprint density at radius 2 is 1.30 bits per heavy atom. The topological polar surface area (TPSA) is 27.7 Å². The van der Waals surface area contributed by atoms with Crippen LogP contribution in [0, 0.1) is 0 Å². The molecule has 1 atom stereocenters. The normalized spacial score (nSPS) is 12.8. The first-order valence-electron chi connectivity index (χ1n) is 13.9. The first kappa shape index (κ1) is 30.9. The van der Waals surface area contributed by atoms with Crippen molar-refractivity contribution in [1.29, 1.82) is 0 Å². The van der Waals surface area contributed by atoms with E-state index in [1.807, 2.05) is 0 Å². The molecule has 3 nitrogen and oxygen atoms in total. The Balaban J connectivity index is 2.45. The molecular weight excluding hydrogens is 515 g/mol. The molecule has 192 valence electrons. The predicted molar refractivity (Wildman–Crippen MR) is 145 cm³/mol. The van der Waals surface area contributed by atoms with Gasteiger partial charge in [0.05, 0.1) is 0 Å². The fourth-order valence-corrected chi connectivity index (χ4v) is 22.5. The molecule has 0 aliphatic carbocycles. The Labute approximate surface area is 210 Å². The van der Waals surface area contributed by atoms with Gasteiger partial charge in [-0.25, -0.2) is 0 Å². The molecule has 1 aromatic carbocycles.